The first-order chi connectivity index (χ1) is 9.19. The highest BCUT2D eigenvalue weighted by atomic mass is 16.3. The van der Waals surface area contributed by atoms with Gasteiger partial charge in [0.1, 0.15) is 0 Å². The number of aliphatic hydroxyl groups is 1. The van der Waals surface area contributed by atoms with Crippen LogP contribution in [0.4, 0.5) is 0 Å². The zero-order valence-electron chi connectivity index (χ0n) is 11.1. The van der Waals surface area contributed by atoms with E-state index in [0.29, 0.717) is 25.1 Å². The number of likely N-dealkylation sites (tertiary alicyclic amines) is 1. The lowest BCUT2D eigenvalue weighted by molar-refractivity contribution is -0.0886. The number of piperidine rings is 1. The van der Waals surface area contributed by atoms with Crippen LogP contribution in [0.5, 0.6) is 0 Å². The van der Waals surface area contributed by atoms with Gasteiger partial charge in [0.25, 0.3) is 5.91 Å². The van der Waals surface area contributed by atoms with E-state index in [1.807, 2.05) is 4.90 Å². The van der Waals surface area contributed by atoms with Gasteiger partial charge in [0.2, 0.25) is 0 Å². The molecule has 1 amide bonds. The third kappa shape index (κ3) is 2.37. The van der Waals surface area contributed by atoms with Crippen LogP contribution in [0.1, 0.15) is 42.5 Å². The van der Waals surface area contributed by atoms with Crippen LogP contribution in [0, 0.1) is 5.92 Å². The van der Waals surface area contributed by atoms with Crippen LogP contribution in [-0.2, 0) is 0 Å². The van der Waals surface area contributed by atoms with E-state index in [1.165, 1.54) is 6.42 Å². The molecule has 4 nitrogen and oxygen atoms in total. The third-order valence-corrected chi connectivity index (χ3v) is 4.64. The Hall–Kier alpha value is -1.42. The molecule has 1 saturated heterocycles. The number of hydrogen-bond acceptors (Lipinski definition) is 3. The van der Waals surface area contributed by atoms with E-state index in [4.69, 9.17) is 0 Å². The number of carbonyl (C=O) groups excluding carboxylic acids is 1. The van der Waals surface area contributed by atoms with Crippen molar-refractivity contribution in [1.29, 1.82) is 0 Å². The van der Waals surface area contributed by atoms with E-state index in [0.717, 1.165) is 19.3 Å². The molecule has 102 valence electrons. The molecule has 2 heterocycles. The lowest BCUT2D eigenvalue weighted by atomic mass is 9.71. The van der Waals surface area contributed by atoms with Gasteiger partial charge in [-0.2, -0.15) is 0 Å². The lowest BCUT2D eigenvalue weighted by Gasteiger charge is -2.47. The summed E-state index contributed by atoms with van der Waals surface area (Å²) in [6.45, 7) is 1.35. The summed E-state index contributed by atoms with van der Waals surface area (Å²) in [5.41, 5.74) is 0.170. The van der Waals surface area contributed by atoms with Gasteiger partial charge in [-0.1, -0.05) is 12.8 Å². The lowest BCUT2D eigenvalue weighted by Crippen LogP contribution is -2.54. The average Bonchev–Trinajstić information content (AvgIpc) is 2.46. The Kier molecular flexibility index (Phi) is 3.27. The highest BCUT2D eigenvalue weighted by molar-refractivity contribution is 5.94. The van der Waals surface area contributed by atoms with Crippen molar-refractivity contribution in [3.8, 4) is 0 Å². The number of amides is 1. The fourth-order valence-corrected chi connectivity index (χ4v) is 3.43. The number of carbonyl (C=O) groups is 1. The zero-order valence-corrected chi connectivity index (χ0v) is 11.1. The minimum atomic E-state index is -0.521. The second kappa shape index (κ2) is 4.93. The molecule has 1 aromatic heterocycles. The molecule has 2 atom stereocenters. The SMILES string of the molecule is O=C(c1ccncc1)N1CCC2(O)CCCCC2C1. The zero-order chi connectivity index (χ0) is 13.3. The van der Waals surface area contributed by atoms with E-state index >= 15 is 0 Å². The van der Waals surface area contributed by atoms with Crippen molar-refractivity contribution < 1.29 is 9.90 Å². The average molecular weight is 260 g/mol. The van der Waals surface area contributed by atoms with Gasteiger partial charge in [0.05, 0.1) is 5.60 Å². The molecule has 0 radical (unpaired) electrons. The summed E-state index contributed by atoms with van der Waals surface area (Å²) in [6, 6.07) is 3.51. The van der Waals surface area contributed by atoms with Crippen LogP contribution in [0.3, 0.4) is 0 Å². The Morgan fingerprint density at radius 2 is 2.11 bits per heavy atom. The first-order valence-corrected chi connectivity index (χ1v) is 7.11. The molecule has 2 unspecified atom stereocenters. The molecule has 4 heteroatoms. The van der Waals surface area contributed by atoms with Crippen molar-refractivity contribution in [2.45, 2.75) is 37.7 Å². The molecule has 1 aliphatic heterocycles. The topological polar surface area (TPSA) is 53.4 Å². The van der Waals surface area contributed by atoms with Gasteiger partial charge in [-0.05, 0) is 31.4 Å². The summed E-state index contributed by atoms with van der Waals surface area (Å²) >= 11 is 0. The van der Waals surface area contributed by atoms with Crippen molar-refractivity contribution in [2.75, 3.05) is 13.1 Å². The largest absolute Gasteiger partial charge is 0.389 e. The van der Waals surface area contributed by atoms with Crippen LogP contribution < -0.4 is 0 Å². The summed E-state index contributed by atoms with van der Waals surface area (Å²) in [5.74, 6) is 0.316. The number of hydrogen-bond donors (Lipinski definition) is 1. The molecule has 0 spiro atoms. The minimum Gasteiger partial charge on any atom is -0.389 e. The summed E-state index contributed by atoms with van der Waals surface area (Å²) in [5, 5.41) is 10.6. The molecule has 1 saturated carbocycles. The van der Waals surface area contributed by atoms with E-state index in [1.54, 1.807) is 24.5 Å². The summed E-state index contributed by atoms with van der Waals surface area (Å²) in [7, 11) is 0. The van der Waals surface area contributed by atoms with Gasteiger partial charge in [-0.25, -0.2) is 0 Å². The summed E-state index contributed by atoms with van der Waals surface area (Å²) in [6.07, 6.45) is 8.23. The standard InChI is InChI=1S/C15H20N2O2/c18-14(12-4-8-16-9-5-12)17-10-7-15(19)6-2-1-3-13(15)11-17/h4-5,8-9,13,19H,1-3,6-7,10-11H2. The van der Waals surface area contributed by atoms with Gasteiger partial charge in [0.15, 0.2) is 0 Å². The van der Waals surface area contributed by atoms with E-state index < -0.39 is 5.60 Å². The van der Waals surface area contributed by atoms with E-state index in [-0.39, 0.29) is 11.8 Å². The first-order valence-electron chi connectivity index (χ1n) is 7.11. The number of aromatic nitrogens is 1. The Balaban J connectivity index is 1.73. The maximum Gasteiger partial charge on any atom is 0.253 e. The summed E-state index contributed by atoms with van der Waals surface area (Å²) in [4.78, 5) is 18.2. The molecule has 0 bridgehead atoms. The Morgan fingerprint density at radius 3 is 2.89 bits per heavy atom. The highest BCUT2D eigenvalue weighted by Gasteiger charge is 2.43. The molecular weight excluding hydrogens is 240 g/mol. The van der Waals surface area contributed by atoms with Crippen molar-refractivity contribution in [2.24, 2.45) is 5.92 Å². The van der Waals surface area contributed by atoms with Gasteiger partial charge in [-0.15, -0.1) is 0 Å². The molecule has 19 heavy (non-hydrogen) atoms. The predicted octanol–water partition coefficient (Wildman–Crippen LogP) is 1.85. The highest BCUT2D eigenvalue weighted by Crippen LogP contribution is 2.39. The van der Waals surface area contributed by atoms with E-state index in [9.17, 15) is 9.90 Å². The second-order valence-corrected chi connectivity index (χ2v) is 5.78. The fourth-order valence-electron chi connectivity index (χ4n) is 3.43. The van der Waals surface area contributed by atoms with Crippen molar-refractivity contribution in [1.82, 2.24) is 9.88 Å². The number of fused-ring (bicyclic) bond motifs is 1. The number of pyridine rings is 1. The van der Waals surface area contributed by atoms with E-state index in [2.05, 4.69) is 4.98 Å². The quantitative estimate of drug-likeness (QED) is 0.838. The molecule has 1 N–H and O–H groups in total. The molecule has 1 aliphatic carbocycles. The Morgan fingerprint density at radius 1 is 1.32 bits per heavy atom. The smallest absolute Gasteiger partial charge is 0.253 e. The van der Waals surface area contributed by atoms with Crippen LogP contribution in [-0.4, -0.2) is 39.6 Å². The van der Waals surface area contributed by atoms with Crippen molar-refractivity contribution in [3.05, 3.63) is 30.1 Å². The maximum absolute atomic E-state index is 12.4. The van der Waals surface area contributed by atoms with Gasteiger partial charge < -0.3 is 10.0 Å². The maximum atomic E-state index is 12.4. The summed E-state index contributed by atoms with van der Waals surface area (Å²) < 4.78 is 0. The van der Waals surface area contributed by atoms with Gasteiger partial charge in [0, 0.05) is 37.0 Å². The monoisotopic (exact) mass is 260 g/mol. The van der Waals surface area contributed by atoms with Crippen molar-refractivity contribution in [3.63, 3.8) is 0 Å². The van der Waals surface area contributed by atoms with Crippen molar-refractivity contribution >= 4 is 5.91 Å². The second-order valence-electron chi connectivity index (χ2n) is 5.78. The van der Waals surface area contributed by atoms with Crippen LogP contribution in [0.2, 0.25) is 0 Å². The fraction of sp³-hybridized carbons (Fsp3) is 0.600. The number of nitrogens with zero attached hydrogens (tertiary/aromatic N) is 2. The predicted molar refractivity (Wildman–Crippen MR) is 71.7 cm³/mol. The molecule has 0 aromatic carbocycles. The van der Waals surface area contributed by atoms with Crippen LogP contribution in [0.25, 0.3) is 0 Å². The molecule has 1 aromatic rings. The molecule has 2 aliphatic rings. The third-order valence-electron chi connectivity index (χ3n) is 4.64. The molecule has 3 rings (SSSR count). The first kappa shape index (κ1) is 12.6. The number of rotatable bonds is 1. The van der Waals surface area contributed by atoms with Gasteiger partial charge in [-0.3, -0.25) is 9.78 Å². The Labute approximate surface area is 113 Å². The minimum absolute atomic E-state index is 0.0648. The van der Waals surface area contributed by atoms with Gasteiger partial charge >= 0.3 is 0 Å². The molecular formula is C15H20N2O2. The normalized spacial score (nSPS) is 30.8. The van der Waals surface area contributed by atoms with Crippen LogP contribution in [0.15, 0.2) is 24.5 Å². The Bertz CT molecular complexity index is 462. The van der Waals surface area contributed by atoms with Crippen LogP contribution >= 0.6 is 0 Å². The molecule has 2 fully saturated rings.